The van der Waals surface area contributed by atoms with Gasteiger partial charge in [0, 0.05) is 38.3 Å². The standard InChI is InChI=1S/C24H29FN4O/c1-17(2)20-6-4-19(5-7-20)16-28-12-14-29(15-13-28)18(3)23-26-27-24(30-23)21-8-10-22(25)11-9-21/h4-11,17-18H,12-16H2,1-3H3/t18-/m0/s1. The SMILES string of the molecule is CC(C)c1ccc(CN2CCN([C@@H](C)c3nnc(-c4ccc(F)cc4)o3)CC2)cc1. The summed E-state index contributed by atoms with van der Waals surface area (Å²) in [4.78, 5) is 4.87. The molecule has 0 N–H and O–H groups in total. The summed E-state index contributed by atoms with van der Waals surface area (Å²) in [5.41, 5.74) is 3.48. The normalized spacial score (nSPS) is 16.8. The van der Waals surface area contributed by atoms with Gasteiger partial charge >= 0.3 is 0 Å². The topological polar surface area (TPSA) is 45.4 Å². The first kappa shape index (κ1) is 20.7. The van der Waals surface area contributed by atoms with Crippen LogP contribution in [0.2, 0.25) is 0 Å². The average molecular weight is 409 g/mol. The van der Waals surface area contributed by atoms with Gasteiger partial charge in [0.2, 0.25) is 11.8 Å². The molecule has 1 aliphatic heterocycles. The molecular formula is C24H29FN4O. The Morgan fingerprint density at radius 3 is 2.20 bits per heavy atom. The predicted octanol–water partition coefficient (Wildman–Crippen LogP) is 4.88. The molecule has 1 aliphatic rings. The fourth-order valence-electron chi connectivity index (χ4n) is 3.84. The summed E-state index contributed by atoms with van der Waals surface area (Å²) in [6.07, 6.45) is 0. The van der Waals surface area contributed by atoms with Gasteiger partial charge in [0.15, 0.2) is 0 Å². The zero-order chi connectivity index (χ0) is 21.1. The lowest BCUT2D eigenvalue weighted by Gasteiger charge is -2.36. The van der Waals surface area contributed by atoms with E-state index in [1.807, 2.05) is 0 Å². The van der Waals surface area contributed by atoms with Gasteiger partial charge in [0.1, 0.15) is 5.82 Å². The number of benzene rings is 2. The minimum Gasteiger partial charge on any atom is -0.419 e. The number of aromatic nitrogens is 2. The summed E-state index contributed by atoms with van der Waals surface area (Å²) in [6, 6.07) is 15.2. The van der Waals surface area contributed by atoms with E-state index in [1.54, 1.807) is 12.1 Å². The van der Waals surface area contributed by atoms with Gasteiger partial charge in [0.05, 0.1) is 6.04 Å². The van der Waals surface area contributed by atoms with Gasteiger partial charge in [-0.15, -0.1) is 10.2 Å². The summed E-state index contributed by atoms with van der Waals surface area (Å²) in [5.74, 6) is 1.32. The number of hydrogen-bond donors (Lipinski definition) is 0. The van der Waals surface area contributed by atoms with Crippen molar-refractivity contribution in [2.75, 3.05) is 26.2 Å². The van der Waals surface area contributed by atoms with E-state index in [-0.39, 0.29) is 11.9 Å². The third kappa shape index (κ3) is 4.77. The lowest BCUT2D eigenvalue weighted by atomic mass is 10.0. The Morgan fingerprint density at radius 2 is 1.57 bits per heavy atom. The zero-order valence-corrected chi connectivity index (χ0v) is 17.9. The molecule has 1 atom stereocenters. The van der Waals surface area contributed by atoms with Crippen molar-refractivity contribution >= 4 is 0 Å². The highest BCUT2D eigenvalue weighted by Crippen LogP contribution is 2.25. The van der Waals surface area contributed by atoms with E-state index in [1.165, 1.54) is 23.3 Å². The molecule has 6 heteroatoms. The van der Waals surface area contributed by atoms with Crippen LogP contribution in [0.5, 0.6) is 0 Å². The first-order chi connectivity index (χ1) is 14.5. The molecule has 0 bridgehead atoms. The van der Waals surface area contributed by atoms with Gasteiger partial charge in [-0.05, 0) is 48.2 Å². The second-order valence-electron chi connectivity index (χ2n) is 8.34. The minimum absolute atomic E-state index is 0.0548. The molecule has 5 nitrogen and oxygen atoms in total. The molecule has 1 aromatic heterocycles. The van der Waals surface area contributed by atoms with Crippen molar-refractivity contribution in [1.29, 1.82) is 0 Å². The Hall–Kier alpha value is -2.57. The Morgan fingerprint density at radius 1 is 0.900 bits per heavy atom. The van der Waals surface area contributed by atoms with Crippen LogP contribution in [0.3, 0.4) is 0 Å². The highest BCUT2D eigenvalue weighted by molar-refractivity contribution is 5.52. The molecule has 4 rings (SSSR count). The van der Waals surface area contributed by atoms with Crippen LogP contribution < -0.4 is 0 Å². The Balaban J connectivity index is 1.32. The second kappa shape index (κ2) is 9.06. The maximum Gasteiger partial charge on any atom is 0.247 e. The van der Waals surface area contributed by atoms with Crippen LogP contribution in [0, 0.1) is 5.82 Å². The van der Waals surface area contributed by atoms with E-state index in [4.69, 9.17) is 4.42 Å². The first-order valence-electron chi connectivity index (χ1n) is 10.6. The largest absolute Gasteiger partial charge is 0.419 e. The molecule has 0 aliphatic carbocycles. The molecular weight excluding hydrogens is 379 g/mol. The van der Waals surface area contributed by atoms with Gasteiger partial charge < -0.3 is 4.42 Å². The van der Waals surface area contributed by atoms with E-state index in [9.17, 15) is 4.39 Å². The van der Waals surface area contributed by atoms with Crippen LogP contribution in [-0.4, -0.2) is 46.2 Å². The fraction of sp³-hybridized carbons (Fsp3) is 0.417. The van der Waals surface area contributed by atoms with Gasteiger partial charge in [-0.2, -0.15) is 0 Å². The van der Waals surface area contributed by atoms with E-state index in [0.29, 0.717) is 17.7 Å². The molecule has 158 valence electrons. The van der Waals surface area contributed by atoms with Crippen LogP contribution in [-0.2, 0) is 6.54 Å². The Bertz CT molecular complexity index is 944. The molecule has 0 radical (unpaired) electrons. The van der Waals surface area contributed by atoms with Crippen LogP contribution in [0.4, 0.5) is 4.39 Å². The molecule has 1 saturated heterocycles. The van der Waals surface area contributed by atoms with Gasteiger partial charge in [-0.25, -0.2) is 4.39 Å². The third-order valence-electron chi connectivity index (χ3n) is 5.90. The average Bonchev–Trinajstić information content (AvgIpc) is 3.25. The van der Waals surface area contributed by atoms with Crippen LogP contribution in [0.15, 0.2) is 52.9 Å². The van der Waals surface area contributed by atoms with Crippen molar-refractivity contribution < 1.29 is 8.81 Å². The molecule has 0 unspecified atom stereocenters. The van der Waals surface area contributed by atoms with E-state index in [2.05, 4.69) is 65.0 Å². The number of rotatable bonds is 6. The Kier molecular flexibility index (Phi) is 6.25. The molecule has 2 aromatic carbocycles. The van der Waals surface area contributed by atoms with Crippen LogP contribution in [0.1, 0.15) is 49.7 Å². The summed E-state index contributed by atoms with van der Waals surface area (Å²) in [5, 5.41) is 8.38. The first-order valence-corrected chi connectivity index (χ1v) is 10.6. The summed E-state index contributed by atoms with van der Waals surface area (Å²) >= 11 is 0. The fourth-order valence-corrected chi connectivity index (χ4v) is 3.84. The highest BCUT2D eigenvalue weighted by atomic mass is 19.1. The molecule has 3 aromatic rings. The minimum atomic E-state index is -0.277. The monoisotopic (exact) mass is 408 g/mol. The van der Waals surface area contributed by atoms with E-state index >= 15 is 0 Å². The molecule has 2 heterocycles. The lowest BCUT2D eigenvalue weighted by molar-refractivity contribution is 0.0876. The van der Waals surface area contributed by atoms with Crippen molar-refractivity contribution in [2.24, 2.45) is 0 Å². The van der Waals surface area contributed by atoms with Gasteiger partial charge in [0.25, 0.3) is 0 Å². The van der Waals surface area contributed by atoms with Gasteiger partial charge in [-0.3, -0.25) is 9.80 Å². The quantitative estimate of drug-likeness (QED) is 0.582. The van der Waals surface area contributed by atoms with Crippen LogP contribution >= 0.6 is 0 Å². The van der Waals surface area contributed by atoms with E-state index < -0.39 is 0 Å². The van der Waals surface area contributed by atoms with Crippen molar-refractivity contribution in [1.82, 2.24) is 20.0 Å². The van der Waals surface area contributed by atoms with Crippen molar-refractivity contribution in [3.8, 4) is 11.5 Å². The van der Waals surface area contributed by atoms with Crippen molar-refractivity contribution in [3.05, 3.63) is 71.4 Å². The third-order valence-corrected chi connectivity index (χ3v) is 5.90. The summed E-state index contributed by atoms with van der Waals surface area (Å²) in [7, 11) is 0. The number of nitrogens with zero attached hydrogens (tertiary/aromatic N) is 4. The highest BCUT2D eigenvalue weighted by Gasteiger charge is 2.26. The molecule has 0 saturated carbocycles. The molecule has 30 heavy (non-hydrogen) atoms. The number of halogens is 1. The lowest BCUT2D eigenvalue weighted by Crippen LogP contribution is -2.46. The van der Waals surface area contributed by atoms with Crippen molar-refractivity contribution in [3.63, 3.8) is 0 Å². The van der Waals surface area contributed by atoms with Gasteiger partial charge in [-0.1, -0.05) is 38.1 Å². The maximum absolute atomic E-state index is 13.1. The number of hydrogen-bond acceptors (Lipinski definition) is 5. The van der Waals surface area contributed by atoms with Crippen molar-refractivity contribution in [2.45, 2.75) is 39.3 Å². The zero-order valence-electron chi connectivity index (χ0n) is 17.9. The van der Waals surface area contributed by atoms with E-state index in [0.717, 1.165) is 38.3 Å². The number of piperazine rings is 1. The summed E-state index contributed by atoms with van der Waals surface area (Å²) in [6.45, 7) is 11.5. The maximum atomic E-state index is 13.1. The Labute approximate surface area is 177 Å². The molecule has 0 spiro atoms. The second-order valence-corrected chi connectivity index (χ2v) is 8.34. The molecule has 1 fully saturated rings. The summed E-state index contributed by atoms with van der Waals surface area (Å²) < 4.78 is 19.0. The molecule has 0 amide bonds. The smallest absolute Gasteiger partial charge is 0.247 e. The predicted molar refractivity (Wildman–Crippen MR) is 115 cm³/mol. The van der Waals surface area contributed by atoms with Crippen LogP contribution in [0.25, 0.3) is 11.5 Å².